The highest BCUT2D eigenvalue weighted by atomic mass is 19.1. The summed E-state index contributed by atoms with van der Waals surface area (Å²) in [5.41, 5.74) is 1.10. The molecule has 1 heterocycles. The fraction of sp³-hybridized carbons (Fsp3) is 0.200. The molecule has 13 heavy (non-hydrogen) atoms. The molecule has 1 aliphatic rings. The first-order valence-corrected chi connectivity index (χ1v) is 4.11. The maximum absolute atomic E-state index is 13.1. The molecule has 1 aromatic carbocycles. The van der Waals surface area contributed by atoms with Crippen LogP contribution in [0.4, 0.5) is 8.78 Å². The Kier molecular flexibility index (Phi) is 2.10. The van der Waals surface area contributed by atoms with E-state index in [4.69, 9.17) is 0 Å². The van der Waals surface area contributed by atoms with Gasteiger partial charge >= 0.3 is 0 Å². The van der Waals surface area contributed by atoms with Gasteiger partial charge in [0, 0.05) is 18.7 Å². The zero-order chi connectivity index (χ0) is 9.26. The smallest absolute Gasteiger partial charge is 0.133 e. The fourth-order valence-corrected chi connectivity index (χ4v) is 1.22. The molecule has 1 aliphatic heterocycles. The number of halogens is 2. The number of benzene rings is 1. The third-order valence-electron chi connectivity index (χ3n) is 2.05. The van der Waals surface area contributed by atoms with Gasteiger partial charge in [0.2, 0.25) is 0 Å². The molecule has 0 unspecified atom stereocenters. The molecular formula is C10H9F2N. The van der Waals surface area contributed by atoms with E-state index < -0.39 is 11.6 Å². The summed E-state index contributed by atoms with van der Waals surface area (Å²) in [7, 11) is 0. The van der Waals surface area contributed by atoms with Gasteiger partial charge < -0.3 is 5.32 Å². The van der Waals surface area contributed by atoms with Gasteiger partial charge in [-0.15, -0.1) is 0 Å². The second-order valence-corrected chi connectivity index (χ2v) is 3.04. The standard InChI is InChI=1S/C10H9F2N/c11-9-2-1-3-10(12)8(9)4-7-5-13-6-7/h1-4,13H,5-6H2. The minimum absolute atomic E-state index is 0.0685. The summed E-state index contributed by atoms with van der Waals surface area (Å²) in [6, 6.07) is 3.90. The van der Waals surface area contributed by atoms with Crippen LogP contribution in [0, 0.1) is 11.6 Å². The summed E-state index contributed by atoms with van der Waals surface area (Å²) in [5, 5.41) is 3.01. The van der Waals surface area contributed by atoms with E-state index in [0.717, 1.165) is 18.7 Å². The minimum Gasteiger partial charge on any atom is -0.309 e. The van der Waals surface area contributed by atoms with Gasteiger partial charge in [0.15, 0.2) is 0 Å². The molecule has 1 aromatic rings. The first-order chi connectivity index (χ1) is 6.27. The molecular weight excluding hydrogens is 172 g/mol. The molecule has 1 fully saturated rings. The first-order valence-electron chi connectivity index (χ1n) is 4.11. The van der Waals surface area contributed by atoms with Crippen molar-refractivity contribution in [3.63, 3.8) is 0 Å². The molecule has 3 heteroatoms. The van der Waals surface area contributed by atoms with Crippen molar-refractivity contribution < 1.29 is 8.78 Å². The Morgan fingerprint density at radius 1 is 1.15 bits per heavy atom. The van der Waals surface area contributed by atoms with Gasteiger partial charge in [0.05, 0.1) is 0 Å². The molecule has 0 spiro atoms. The van der Waals surface area contributed by atoms with Crippen LogP contribution in [0.15, 0.2) is 23.8 Å². The van der Waals surface area contributed by atoms with E-state index in [9.17, 15) is 8.78 Å². The maximum Gasteiger partial charge on any atom is 0.133 e. The second kappa shape index (κ2) is 3.26. The van der Waals surface area contributed by atoms with E-state index in [1.807, 2.05) is 0 Å². The Balaban J connectivity index is 2.38. The lowest BCUT2D eigenvalue weighted by Gasteiger charge is -2.18. The van der Waals surface area contributed by atoms with E-state index in [1.54, 1.807) is 6.08 Å². The molecule has 0 saturated carbocycles. The van der Waals surface area contributed by atoms with Gasteiger partial charge in [-0.25, -0.2) is 8.78 Å². The molecule has 1 N–H and O–H groups in total. The topological polar surface area (TPSA) is 12.0 Å². The van der Waals surface area contributed by atoms with Crippen molar-refractivity contribution in [2.75, 3.05) is 13.1 Å². The van der Waals surface area contributed by atoms with Crippen LogP contribution in [0.2, 0.25) is 0 Å². The van der Waals surface area contributed by atoms with E-state index in [-0.39, 0.29) is 5.56 Å². The molecule has 0 radical (unpaired) electrons. The van der Waals surface area contributed by atoms with Crippen molar-refractivity contribution >= 4 is 6.08 Å². The van der Waals surface area contributed by atoms with Crippen molar-refractivity contribution in [3.8, 4) is 0 Å². The molecule has 0 amide bonds. The van der Waals surface area contributed by atoms with Crippen molar-refractivity contribution in [2.24, 2.45) is 0 Å². The summed E-state index contributed by atoms with van der Waals surface area (Å²) in [5.74, 6) is -1.00. The Bertz CT molecular complexity index is 332. The molecule has 1 nitrogen and oxygen atoms in total. The molecule has 68 valence electrons. The van der Waals surface area contributed by atoms with Gasteiger partial charge in [-0.3, -0.25) is 0 Å². The summed E-state index contributed by atoms with van der Waals surface area (Å²) < 4.78 is 26.1. The van der Waals surface area contributed by atoms with Gasteiger partial charge in [-0.05, 0) is 23.8 Å². The Morgan fingerprint density at radius 3 is 2.23 bits per heavy atom. The van der Waals surface area contributed by atoms with Crippen LogP contribution in [0.25, 0.3) is 6.08 Å². The van der Waals surface area contributed by atoms with E-state index >= 15 is 0 Å². The first kappa shape index (κ1) is 8.38. The van der Waals surface area contributed by atoms with Crippen molar-refractivity contribution in [1.29, 1.82) is 0 Å². The van der Waals surface area contributed by atoms with Crippen LogP contribution >= 0.6 is 0 Å². The van der Waals surface area contributed by atoms with Crippen LogP contribution in [-0.2, 0) is 0 Å². The highest BCUT2D eigenvalue weighted by Crippen LogP contribution is 2.17. The average Bonchev–Trinajstić information content (AvgIpc) is 2.00. The van der Waals surface area contributed by atoms with Gasteiger partial charge in [0.1, 0.15) is 11.6 Å². The number of hydrogen-bond donors (Lipinski definition) is 1. The molecule has 2 rings (SSSR count). The Hall–Kier alpha value is -1.22. The SMILES string of the molecule is Fc1cccc(F)c1C=C1CNC1. The lowest BCUT2D eigenvalue weighted by molar-refractivity contribution is 0.577. The monoisotopic (exact) mass is 181 g/mol. The molecule has 0 bridgehead atoms. The van der Waals surface area contributed by atoms with E-state index in [0.29, 0.717) is 0 Å². The summed E-state index contributed by atoms with van der Waals surface area (Å²) >= 11 is 0. The number of rotatable bonds is 1. The zero-order valence-electron chi connectivity index (χ0n) is 6.98. The zero-order valence-corrected chi connectivity index (χ0v) is 6.98. The number of nitrogens with one attached hydrogen (secondary N) is 1. The van der Waals surface area contributed by atoms with Crippen LogP contribution in [0.3, 0.4) is 0 Å². The van der Waals surface area contributed by atoms with Crippen LogP contribution in [0.1, 0.15) is 5.56 Å². The average molecular weight is 181 g/mol. The Labute approximate surface area is 75.1 Å². The third-order valence-corrected chi connectivity index (χ3v) is 2.05. The minimum atomic E-state index is -0.501. The summed E-state index contributed by atoms with van der Waals surface area (Å²) in [4.78, 5) is 0. The van der Waals surface area contributed by atoms with E-state index in [2.05, 4.69) is 5.32 Å². The second-order valence-electron chi connectivity index (χ2n) is 3.04. The lowest BCUT2D eigenvalue weighted by Crippen LogP contribution is -2.33. The molecule has 0 atom stereocenters. The summed E-state index contributed by atoms with van der Waals surface area (Å²) in [6.07, 6.45) is 1.57. The highest BCUT2D eigenvalue weighted by Gasteiger charge is 2.11. The normalized spacial score (nSPS) is 15.4. The summed E-state index contributed by atoms with van der Waals surface area (Å²) in [6.45, 7) is 1.46. The highest BCUT2D eigenvalue weighted by molar-refractivity contribution is 5.56. The predicted molar refractivity (Wildman–Crippen MR) is 47.2 cm³/mol. The van der Waals surface area contributed by atoms with Crippen LogP contribution < -0.4 is 5.32 Å². The number of hydrogen-bond acceptors (Lipinski definition) is 1. The van der Waals surface area contributed by atoms with Crippen molar-refractivity contribution in [3.05, 3.63) is 41.0 Å². The van der Waals surface area contributed by atoms with E-state index in [1.165, 1.54) is 18.2 Å². The molecule has 0 aliphatic carbocycles. The van der Waals surface area contributed by atoms with Crippen LogP contribution in [-0.4, -0.2) is 13.1 Å². The fourth-order valence-electron chi connectivity index (χ4n) is 1.22. The van der Waals surface area contributed by atoms with Crippen LogP contribution in [0.5, 0.6) is 0 Å². The van der Waals surface area contributed by atoms with Gasteiger partial charge in [0.25, 0.3) is 0 Å². The Morgan fingerprint density at radius 2 is 1.77 bits per heavy atom. The van der Waals surface area contributed by atoms with Gasteiger partial charge in [-0.1, -0.05) is 6.07 Å². The van der Waals surface area contributed by atoms with Crippen molar-refractivity contribution in [2.45, 2.75) is 0 Å². The molecule has 1 saturated heterocycles. The predicted octanol–water partition coefficient (Wildman–Crippen LogP) is 1.95. The quantitative estimate of drug-likeness (QED) is 0.698. The largest absolute Gasteiger partial charge is 0.309 e. The lowest BCUT2D eigenvalue weighted by atomic mass is 10.1. The third kappa shape index (κ3) is 1.60. The van der Waals surface area contributed by atoms with Crippen molar-refractivity contribution in [1.82, 2.24) is 5.32 Å². The van der Waals surface area contributed by atoms with Gasteiger partial charge in [-0.2, -0.15) is 0 Å². The maximum atomic E-state index is 13.1. The molecule has 0 aromatic heterocycles.